The third kappa shape index (κ3) is 5.88. The largest absolute Gasteiger partial charge is 0.377 e. The molecule has 12 nitrogen and oxygen atoms in total. The number of amides is 1. The van der Waals surface area contributed by atoms with Crippen molar-refractivity contribution in [1.82, 2.24) is 29.0 Å². The van der Waals surface area contributed by atoms with E-state index in [-0.39, 0.29) is 22.1 Å². The number of hydrogen-bond acceptors (Lipinski definition) is 9. The van der Waals surface area contributed by atoms with Gasteiger partial charge in [0.25, 0.3) is 11.5 Å². The van der Waals surface area contributed by atoms with Crippen LogP contribution >= 0.6 is 11.6 Å². The second kappa shape index (κ2) is 11.3. The number of nitrogens with zero attached hydrogens (tertiary/aromatic N) is 6. The Morgan fingerprint density at radius 3 is 2.53 bits per heavy atom. The lowest BCUT2D eigenvalue weighted by Crippen LogP contribution is -2.31. The highest BCUT2D eigenvalue weighted by Gasteiger charge is 2.28. The van der Waals surface area contributed by atoms with Crippen molar-refractivity contribution < 1.29 is 13.2 Å². The molecule has 4 heterocycles. The first-order valence-corrected chi connectivity index (χ1v) is 16.4. The lowest BCUT2D eigenvalue weighted by atomic mass is 10.0. The van der Waals surface area contributed by atoms with E-state index in [1.54, 1.807) is 17.7 Å². The number of hydrogen-bond donors (Lipinski definition) is 2. The van der Waals surface area contributed by atoms with Crippen LogP contribution in [0.5, 0.6) is 0 Å². The monoisotopic (exact) mass is 646 g/mol. The number of fused-ring (bicyclic) bond motifs is 2. The first-order valence-electron chi connectivity index (χ1n) is 14.1. The van der Waals surface area contributed by atoms with Crippen LogP contribution in [-0.4, -0.2) is 44.9 Å². The quantitative estimate of drug-likeness (QED) is 0.249. The molecule has 6 rings (SSSR count). The topological polar surface area (TPSA) is 144 Å². The first-order chi connectivity index (χ1) is 21.3. The molecule has 0 saturated carbocycles. The van der Waals surface area contributed by atoms with Gasteiger partial charge in [-0.1, -0.05) is 35.9 Å². The number of para-hydroxylation sites is 1. The first kappa shape index (κ1) is 30.3. The Kier molecular flexibility index (Phi) is 7.61. The summed E-state index contributed by atoms with van der Waals surface area (Å²) in [6.45, 7) is 6.83. The van der Waals surface area contributed by atoms with Crippen molar-refractivity contribution in [1.29, 1.82) is 0 Å². The predicted octanol–water partition coefficient (Wildman–Crippen LogP) is 4.17. The van der Waals surface area contributed by atoms with Crippen LogP contribution in [0.25, 0.3) is 16.6 Å². The molecule has 45 heavy (non-hydrogen) atoms. The number of pyridine rings is 1. The minimum absolute atomic E-state index is 0.0276. The third-order valence-electron chi connectivity index (χ3n) is 7.75. The lowest BCUT2D eigenvalue weighted by Gasteiger charge is -2.23. The molecule has 1 atom stereocenters. The maximum absolute atomic E-state index is 13.7. The van der Waals surface area contributed by atoms with Gasteiger partial charge in [0.05, 0.1) is 46.8 Å². The summed E-state index contributed by atoms with van der Waals surface area (Å²) in [7, 11) is -2.13. The van der Waals surface area contributed by atoms with Gasteiger partial charge in [0.15, 0.2) is 5.69 Å². The van der Waals surface area contributed by atoms with E-state index in [2.05, 4.69) is 10.3 Å². The molecule has 232 valence electrons. The fraction of sp³-hybridized carbons (Fsp3) is 0.258. The summed E-state index contributed by atoms with van der Waals surface area (Å²) in [5.41, 5.74) is 6.09. The van der Waals surface area contributed by atoms with E-state index in [1.807, 2.05) is 77.7 Å². The second-order valence-corrected chi connectivity index (χ2v) is 13.4. The molecule has 2 aromatic carbocycles. The van der Waals surface area contributed by atoms with Crippen molar-refractivity contribution in [2.45, 2.75) is 39.9 Å². The molecule has 0 radical (unpaired) electrons. The van der Waals surface area contributed by atoms with Gasteiger partial charge in [-0.3, -0.25) is 14.2 Å². The number of carbonyl (C=O) groups excluding carboxylic acids is 1. The molecule has 2 N–H and O–H groups in total. The van der Waals surface area contributed by atoms with Crippen molar-refractivity contribution >= 4 is 50.1 Å². The molecule has 0 unspecified atom stereocenters. The van der Waals surface area contributed by atoms with Gasteiger partial charge in [-0.2, -0.15) is 5.10 Å². The Morgan fingerprint density at radius 2 is 1.82 bits per heavy atom. The Bertz CT molecular complexity index is 2150. The zero-order valence-corrected chi connectivity index (χ0v) is 26.9. The number of carbonyl (C=O) groups is 1. The van der Waals surface area contributed by atoms with E-state index in [0.717, 1.165) is 39.9 Å². The molecule has 0 saturated heterocycles. The minimum atomic E-state index is -3.84. The number of aromatic nitrogens is 5. The van der Waals surface area contributed by atoms with Crippen LogP contribution < -0.4 is 20.5 Å². The van der Waals surface area contributed by atoms with E-state index in [4.69, 9.17) is 21.7 Å². The Labute approximate surface area is 264 Å². The Balaban J connectivity index is 1.36. The normalized spacial score (nSPS) is 13.6. The maximum Gasteiger partial charge on any atom is 0.285 e. The van der Waals surface area contributed by atoms with E-state index in [9.17, 15) is 18.0 Å². The van der Waals surface area contributed by atoms with Crippen LogP contribution in [0, 0.1) is 13.8 Å². The van der Waals surface area contributed by atoms with Gasteiger partial charge in [-0.25, -0.2) is 27.8 Å². The van der Waals surface area contributed by atoms with Crippen molar-refractivity contribution in [3.05, 3.63) is 104 Å². The summed E-state index contributed by atoms with van der Waals surface area (Å²) >= 11 is 6.04. The fourth-order valence-corrected chi connectivity index (χ4v) is 6.23. The highest BCUT2D eigenvalue weighted by molar-refractivity contribution is 7.89. The summed E-state index contributed by atoms with van der Waals surface area (Å²) in [6.07, 6.45) is 2.90. The zero-order chi connectivity index (χ0) is 32.2. The molecule has 1 amide bonds. The van der Waals surface area contributed by atoms with E-state index in [1.165, 1.54) is 6.07 Å². The summed E-state index contributed by atoms with van der Waals surface area (Å²) < 4.78 is 28.8. The van der Waals surface area contributed by atoms with Gasteiger partial charge in [0.2, 0.25) is 16.0 Å². The van der Waals surface area contributed by atoms with E-state index in [0.29, 0.717) is 29.9 Å². The van der Waals surface area contributed by atoms with Crippen LogP contribution in [0.3, 0.4) is 0 Å². The lowest BCUT2D eigenvalue weighted by molar-refractivity contribution is 0.0977. The summed E-state index contributed by atoms with van der Waals surface area (Å²) in [5.74, 6) is -0.414. The molecular formula is C31H31ClN8O4S. The summed E-state index contributed by atoms with van der Waals surface area (Å²) in [5, 5.41) is 8.56. The molecule has 0 spiro atoms. The summed E-state index contributed by atoms with van der Waals surface area (Å²) in [4.78, 5) is 37.6. The average molecular weight is 647 g/mol. The Morgan fingerprint density at radius 1 is 1.07 bits per heavy atom. The minimum Gasteiger partial charge on any atom is -0.377 e. The maximum atomic E-state index is 13.7. The number of halogens is 1. The second-order valence-electron chi connectivity index (χ2n) is 11.3. The van der Waals surface area contributed by atoms with E-state index < -0.39 is 22.0 Å². The van der Waals surface area contributed by atoms with Crippen LogP contribution in [0.4, 0.5) is 11.6 Å². The van der Waals surface area contributed by atoms with Crippen LogP contribution in [0.2, 0.25) is 5.15 Å². The number of aryl methyl sites for hydroxylation is 2. The van der Waals surface area contributed by atoms with Gasteiger partial charge in [0, 0.05) is 30.9 Å². The van der Waals surface area contributed by atoms with Gasteiger partial charge in [-0.15, -0.1) is 0 Å². The van der Waals surface area contributed by atoms with Gasteiger partial charge >= 0.3 is 0 Å². The number of rotatable bonds is 7. The highest BCUT2D eigenvalue weighted by Crippen LogP contribution is 2.32. The SMILES string of the molecule is Cc1cc([C@@H](C)Nc2ccc(Cl)nc2C(=O)NS(C)(=O)=O)c2nc(N3Cc4cn(-c5ccccc5C)nc4C3)n(C)c(=O)c2c1. The number of anilines is 2. The molecule has 1 aliphatic rings. The van der Waals surface area contributed by atoms with Crippen LogP contribution in [0.1, 0.15) is 51.4 Å². The highest BCUT2D eigenvalue weighted by atomic mass is 35.5. The molecular weight excluding hydrogens is 616 g/mol. The number of nitrogens with one attached hydrogen (secondary N) is 2. The summed E-state index contributed by atoms with van der Waals surface area (Å²) in [6, 6.07) is 14.4. The van der Waals surface area contributed by atoms with Crippen molar-refractivity contribution in [3.8, 4) is 5.69 Å². The molecule has 0 bridgehead atoms. The zero-order valence-electron chi connectivity index (χ0n) is 25.3. The van der Waals surface area contributed by atoms with Gasteiger partial charge in [-0.05, 0) is 56.2 Å². The number of benzene rings is 2. The standard InChI is InChI=1S/C31H31ClN8O4S/c1-17-12-21(19(3)33-23-10-11-26(32)34-28(23)29(41)37-45(5,43)44)27-22(13-17)30(42)38(4)31(35-27)39-14-20-15-40(36-24(20)16-39)25-9-7-6-8-18(25)2/h6-13,15,19,33H,14,16H2,1-5H3,(H,37,41)/t19-/m1/s1. The molecule has 0 fully saturated rings. The third-order valence-corrected chi connectivity index (χ3v) is 8.51. The van der Waals surface area contributed by atoms with Gasteiger partial charge < -0.3 is 10.2 Å². The number of sulfonamides is 1. The van der Waals surface area contributed by atoms with Gasteiger partial charge in [0.1, 0.15) is 5.15 Å². The van der Waals surface area contributed by atoms with Crippen LogP contribution in [-0.2, 0) is 30.2 Å². The molecule has 14 heteroatoms. The molecule has 1 aliphatic heterocycles. The molecule has 3 aromatic heterocycles. The average Bonchev–Trinajstić information content (AvgIpc) is 3.54. The Hall–Kier alpha value is -4.75. The van der Waals surface area contributed by atoms with Crippen LogP contribution in [0.15, 0.2) is 59.5 Å². The van der Waals surface area contributed by atoms with Crippen molar-refractivity contribution in [2.75, 3.05) is 16.5 Å². The van der Waals surface area contributed by atoms with Crippen molar-refractivity contribution in [2.24, 2.45) is 7.05 Å². The van der Waals surface area contributed by atoms with Crippen molar-refractivity contribution in [3.63, 3.8) is 0 Å². The smallest absolute Gasteiger partial charge is 0.285 e. The molecule has 5 aromatic rings. The van der Waals surface area contributed by atoms with E-state index >= 15 is 0 Å². The fourth-order valence-electron chi connectivity index (χ4n) is 5.64. The predicted molar refractivity (Wildman–Crippen MR) is 174 cm³/mol. The molecule has 0 aliphatic carbocycles.